The van der Waals surface area contributed by atoms with E-state index >= 15 is 0 Å². The van der Waals surface area contributed by atoms with Gasteiger partial charge in [0, 0.05) is 13.1 Å². The summed E-state index contributed by atoms with van der Waals surface area (Å²) in [7, 11) is 0. The molecular weight excluding hydrogens is 240 g/mol. The first-order valence-electron chi connectivity index (χ1n) is 5.38. The van der Waals surface area contributed by atoms with Gasteiger partial charge in [0.05, 0.1) is 5.54 Å². The molecule has 1 heterocycles. The number of benzene rings is 1. The fraction of sp³-hybridized carbons (Fsp3) is 0.417. The average molecular weight is 257 g/mol. The number of alkyl carbamates (subject to hydrolysis) is 1. The van der Waals surface area contributed by atoms with Gasteiger partial charge in [-0.05, 0) is 12.5 Å². The minimum atomic E-state index is -0.354. The number of amides is 1. The molecule has 0 bridgehead atoms. The van der Waals surface area contributed by atoms with Crippen molar-refractivity contribution in [3.8, 4) is 0 Å². The molecule has 1 aromatic carbocycles. The normalized spacial score (nSPS) is 16.3. The predicted octanol–water partition coefficient (Wildman–Crippen LogP) is 1.70. The van der Waals surface area contributed by atoms with Crippen molar-refractivity contribution in [2.24, 2.45) is 0 Å². The van der Waals surface area contributed by atoms with Gasteiger partial charge in [-0.1, -0.05) is 30.3 Å². The summed E-state index contributed by atoms with van der Waals surface area (Å²) in [6, 6.07) is 9.64. The van der Waals surface area contributed by atoms with Crippen LogP contribution in [-0.4, -0.2) is 24.7 Å². The minimum absolute atomic E-state index is 0. The van der Waals surface area contributed by atoms with Crippen LogP contribution in [0.1, 0.15) is 12.5 Å². The number of hydrogen-bond donors (Lipinski definition) is 2. The largest absolute Gasteiger partial charge is 0.445 e. The average Bonchev–Trinajstić information content (AvgIpc) is 2.26. The maximum atomic E-state index is 11.5. The summed E-state index contributed by atoms with van der Waals surface area (Å²) in [5, 5.41) is 5.95. The van der Waals surface area contributed by atoms with E-state index in [1.54, 1.807) is 0 Å². The van der Waals surface area contributed by atoms with Gasteiger partial charge in [-0.3, -0.25) is 0 Å². The molecule has 1 saturated heterocycles. The van der Waals surface area contributed by atoms with Gasteiger partial charge in [-0.15, -0.1) is 12.4 Å². The van der Waals surface area contributed by atoms with E-state index in [-0.39, 0.29) is 24.0 Å². The monoisotopic (exact) mass is 256 g/mol. The van der Waals surface area contributed by atoms with Crippen LogP contribution in [0.15, 0.2) is 30.3 Å². The van der Waals surface area contributed by atoms with Gasteiger partial charge < -0.3 is 15.4 Å². The number of nitrogens with one attached hydrogen (secondary N) is 2. The number of halogens is 1. The molecule has 1 fully saturated rings. The lowest BCUT2D eigenvalue weighted by atomic mass is 9.96. The molecule has 5 heteroatoms. The van der Waals surface area contributed by atoms with Gasteiger partial charge in [-0.2, -0.15) is 0 Å². The fourth-order valence-corrected chi connectivity index (χ4v) is 1.59. The van der Waals surface area contributed by atoms with Crippen molar-refractivity contribution in [1.29, 1.82) is 0 Å². The molecule has 1 aliphatic heterocycles. The highest BCUT2D eigenvalue weighted by molar-refractivity contribution is 5.85. The lowest BCUT2D eigenvalue weighted by Crippen LogP contribution is -2.67. The lowest BCUT2D eigenvalue weighted by Gasteiger charge is -2.39. The second-order valence-electron chi connectivity index (χ2n) is 4.35. The van der Waals surface area contributed by atoms with Crippen LogP contribution in [0.25, 0.3) is 0 Å². The number of carbonyl (C=O) groups excluding carboxylic acids is 1. The summed E-state index contributed by atoms with van der Waals surface area (Å²) in [6.07, 6.45) is -0.354. The van der Waals surface area contributed by atoms with Crippen LogP contribution in [0.5, 0.6) is 0 Å². The topological polar surface area (TPSA) is 50.4 Å². The lowest BCUT2D eigenvalue weighted by molar-refractivity contribution is 0.118. The summed E-state index contributed by atoms with van der Waals surface area (Å²) in [4.78, 5) is 11.5. The standard InChI is InChI=1S/C12H16N2O2.ClH/c1-12(8-13-9-12)14-11(15)16-7-10-5-3-2-4-6-10;/h2-6,13H,7-9H2,1H3,(H,14,15);1H. The Balaban J connectivity index is 0.00000144. The fourth-order valence-electron chi connectivity index (χ4n) is 1.59. The first-order chi connectivity index (χ1) is 7.68. The molecule has 94 valence electrons. The van der Waals surface area contributed by atoms with Gasteiger partial charge in [0.25, 0.3) is 0 Å². The molecule has 0 atom stereocenters. The molecule has 1 aliphatic rings. The molecule has 0 unspecified atom stereocenters. The zero-order valence-corrected chi connectivity index (χ0v) is 10.5. The summed E-state index contributed by atoms with van der Waals surface area (Å²) >= 11 is 0. The van der Waals surface area contributed by atoms with E-state index in [0.717, 1.165) is 18.7 Å². The third-order valence-corrected chi connectivity index (χ3v) is 2.65. The molecule has 1 amide bonds. The number of hydrogen-bond acceptors (Lipinski definition) is 3. The number of rotatable bonds is 3. The molecule has 0 radical (unpaired) electrons. The molecule has 17 heavy (non-hydrogen) atoms. The molecular formula is C12H17ClN2O2. The maximum Gasteiger partial charge on any atom is 0.407 e. The Labute approximate surface area is 107 Å². The van der Waals surface area contributed by atoms with Crippen molar-refractivity contribution < 1.29 is 9.53 Å². The van der Waals surface area contributed by atoms with E-state index in [0.29, 0.717) is 6.61 Å². The van der Waals surface area contributed by atoms with Crippen molar-refractivity contribution in [3.05, 3.63) is 35.9 Å². The Kier molecular flexibility index (Phi) is 4.78. The van der Waals surface area contributed by atoms with Crippen molar-refractivity contribution in [2.75, 3.05) is 13.1 Å². The quantitative estimate of drug-likeness (QED) is 0.866. The predicted molar refractivity (Wildman–Crippen MR) is 68.3 cm³/mol. The van der Waals surface area contributed by atoms with Crippen molar-refractivity contribution in [1.82, 2.24) is 10.6 Å². The van der Waals surface area contributed by atoms with E-state index < -0.39 is 0 Å². The van der Waals surface area contributed by atoms with Crippen LogP contribution in [0.2, 0.25) is 0 Å². The van der Waals surface area contributed by atoms with Crippen LogP contribution in [0.3, 0.4) is 0 Å². The van der Waals surface area contributed by atoms with E-state index in [9.17, 15) is 4.79 Å². The van der Waals surface area contributed by atoms with Crippen LogP contribution in [0.4, 0.5) is 4.79 Å². The van der Waals surface area contributed by atoms with Crippen LogP contribution in [0, 0.1) is 0 Å². The second kappa shape index (κ2) is 5.89. The zero-order chi connectivity index (χ0) is 11.4. The second-order valence-corrected chi connectivity index (χ2v) is 4.35. The Hall–Kier alpha value is -1.26. The van der Waals surface area contributed by atoms with Crippen LogP contribution >= 0.6 is 12.4 Å². The molecule has 0 aromatic heterocycles. The number of ether oxygens (including phenoxy) is 1. The molecule has 1 aromatic rings. The molecule has 4 nitrogen and oxygen atoms in total. The Morgan fingerprint density at radius 3 is 2.59 bits per heavy atom. The Morgan fingerprint density at radius 2 is 2.06 bits per heavy atom. The summed E-state index contributed by atoms with van der Waals surface area (Å²) in [5.74, 6) is 0. The molecule has 0 aliphatic carbocycles. The first kappa shape index (κ1) is 13.8. The van der Waals surface area contributed by atoms with Gasteiger partial charge in [0.15, 0.2) is 0 Å². The van der Waals surface area contributed by atoms with E-state index in [2.05, 4.69) is 10.6 Å². The zero-order valence-electron chi connectivity index (χ0n) is 9.73. The van der Waals surface area contributed by atoms with E-state index in [1.165, 1.54) is 0 Å². The smallest absolute Gasteiger partial charge is 0.407 e. The van der Waals surface area contributed by atoms with E-state index in [1.807, 2.05) is 37.3 Å². The highest BCUT2D eigenvalue weighted by Gasteiger charge is 2.33. The maximum absolute atomic E-state index is 11.5. The molecule has 2 rings (SSSR count). The Morgan fingerprint density at radius 1 is 1.41 bits per heavy atom. The van der Waals surface area contributed by atoms with Gasteiger partial charge in [0.1, 0.15) is 6.61 Å². The van der Waals surface area contributed by atoms with Gasteiger partial charge in [0.2, 0.25) is 0 Å². The van der Waals surface area contributed by atoms with Crippen LogP contribution in [-0.2, 0) is 11.3 Å². The van der Waals surface area contributed by atoms with E-state index in [4.69, 9.17) is 4.74 Å². The highest BCUT2D eigenvalue weighted by atomic mass is 35.5. The minimum Gasteiger partial charge on any atom is -0.445 e. The summed E-state index contributed by atoms with van der Waals surface area (Å²) in [5.41, 5.74) is 0.850. The molecule has 0 spiro atoms. The highest BCUT2D eigenvalue weighted by Crippen LogP contribution is 2.09. The first-order valence-corrected chi connectivity index (χ1v) is 5.38. The van der Waals surface area contributed by atoms with Gasteiger partial charge >= 0.3 is 6.09 Å². The third kappa shape index (κ3) is 3.91. The molecule has 0 saturated carbocycles. The summed E-state index contributed by atoms with van der Waals surface area (Å²) in [6.45, 7) is 3.91. The van der Waals surface area contributed by atoms with Gasteiger partial charge in [-0.25, -0.2) is 4.79 Å². The molecule has 2 N–H and O–H groups in total. The third-order valence-electron chi connectivity index (χ3n) is 2.65. The Bertz CT molecular complexity index is 366. The van der Waals surface area contributed by atoms with Crippen molar-refractivity contribution in [2.45, 2.75) is 19.1 Å². The van der Waals surface area contributed by atoms with Crippen LogP contribution < -0.4 is 10.6 Å². The number of carbonyl (C=O) groups is 1. The van der Waals surface area contributed by atoms with Crippen molar-refractivity contribution in [3.63, 3.8) is 0 Å². The summed E-state index contributed by atoms with van der Waals surface area (Å²) < 4.78 is 5.12. The van der Waals surface area contributed by atoms with Crippen molar-refractivity contribution >= 4 is 18.5 Å². The SMILES string of the molecule is CC1(NC(=O)OCc2ccccc2)CNC1.Cl.